The Morgan fingerprint density at radius 1 is 1.35 bits per heavy atom. The molecule has 0 aliphatic rings. The molecular formula is C13H14FNO4S. The van der Waals surface area contributed by atoms with Crippen LogP contribution in [-0.2, 0) is 16.4 Å². The fraction of sp³-hybridized carbons (Fsp3) is 0.231. The van der Waals surface area contributed by atoms with Crippen molar-refractivity contribution in [3.8, 4) is 5.75 Å². The Morgan fingerprint density at radius 2 is 2.15 bits per heavy atom. The smallest absolute Gasteiger partial charge is 0.244 e. The Hall–Kier alpha value is -1.86. The molecule has 0 atom stereocenters. The van der Waals surface area contributed by atoms with E-state index >= 15 is 0 Å². The highest BCUT2D eigenvalue weighted by molar-refractivity contribution is 7.89. The van der Waals surface area contributed by atoms with Crippen LogP contribution >= 0.6 is 0 Å². The lowest BCUT2D eigenvalue weighted by molar-refractivity contribution is 0.400. The number of hydrogen-bond donors (Lipinski definition) is 1. The molecule has 1 aromatic carbocycles. The van der Waals surface area contributed by atoms with Gasteiger partial charge in [0.15, 0.2) is 0 Å². The minimum Gasteiger partial charge on any atom is -0.495 e. The van der Waals surface area contributed by atoms with Gasteiger partial charge in [-0.2, -0.15) is 0 Å². The Balaban J connectivity index is 2.11. The highest BCUT2D eigenvalue weighted by atomic mass is 32.2. The van der Waals surface area contributed by atoms with Gasteiger partial charge in [-0.3, -0.25) is 0 Å². The summed E-state index contributed by atoms with van der Waals surface area (Å²) in [7, 11) is -2.49. The van der Waals surface area contributed by atoms with E-state index in [4.69, 9.17) is 9.15 Å². The standard InChI is InChI=1S/C13H14FNO4S/c1-18-12-3-2-11(14)8-13(12)20(16,17)15-6-4-10-5-7-19-9-10/h2-3,5,7-9,15H,4,6H2,1H3. The summed E-state index contributed by atoms with van der Waals surface area (Å²) >= 11 is 0. The van der Waals surface area contributed by atoms with Gasteiger partial charge in [0.1, 0.15) is 16.5 Å². The van der Waals surface area contributed by atoms with Crippen LogP contribution in [0.2, 0.25) is 0 Å². The predicted molar refractivity (Wildman–Crippen MR) is 70.6 cm³/mol. The molecule has 0 spiro atoms. The first kappa shape index (κ1) is 14.5. The highest BCUT2D eigenvalue weighted by Gasteiger charge is 2.19. The summed E-state index contributed by atoms with van der Waals surface area (Å²) in [5, 5.41) is 0. The van der Waals surface area contributed by atoms with Crippen molar-refractivity contribution < 1.29 is 22.0 Å². The molecular weight excluding hydrogens is 285 g/mol. The van der Waals surface area contributed by atoms with E-state index in [1.54, 1.807) is 6.07 Å². The Bertz CT molecular complexity index is 668. The van der Waals surface area contributed by atoms with Crippen LogP contribution in [-0.4, -0.2) is 22.1 Å². The lowest BCUT2D eigenvalue weighted by Gasteiger charge is -2.10. The van der Waals surface area contributed by atoms with E-state index in [2.05, 4.69) is 4.72 Å². The molecule has 0 saturated carbocycles. The van der Waals surface area contributed by atoms with E-state index < -0.39 is 15.8 Å². The molecule has 0 aliphatic heterocycles. The van der Waals surface area contributed by atoms with Crippen molar-refractivity contribution in [1.82, 2.24) is 4.72 Å². The van der Waals surface area contributed by atoms with Crippen LogP contribution < -0.4 is 9.46 Å². The van der Waals surface area contributed by atoms with Gasteiger partial charge in [-0.15, -0.1) is 0 Å². The molecule has 108 valence electrons. The number of furan rings is 1. The molecule has 7 heteroatoms. The largest absolute Gasteiger partial charge is 0.495 e. The first-order valence-corrected chi connectivity index (χ1v) is 7.35. The quantitative estimate of drug-likeness (QED) is 0.885. The van der Waals surface area contributed by atoms with Crippen molar-refractivity contribution in [2.24, 2.45) is 0 Å². The molecule has 2 aromatic rings. The molecule has 0 amide bonds. The van der Waals surface area contributed by atoms with Gasteiger partial charge in [0, 0.05) is 6.54 Å². The van der Waals surface area contributed by atoms with Crippen LogP contribution in [0.3, 0.4) is 0 Å². The number of hydrogen-bond acceptors (Lipinski definition) is 4. The molecule has 0 unspecified atom stereocenters. The van der Waals surface area contributed by atoms with Crippen molar-refractivity contribution in [3.05, 3.63) is 48.2 Å². The zero-order chi connectivity index (χ0) is 14.6. The second kappa shape index (κ2) is 6.06. The number of benzene rings is 1. The number of nitrogens with one attached hydrogen (secondary N) is 1. The molecule has 0 bridgehead atoms. The van der Waals surface area contributed by atoms with Crippen LogP contribution in [0.4, 0.5) is 4.39 Å². The number of sulfonamides is 1. The minimum atomic E-state index is -3.82. The molecule has 1 aromatic heterocycles. The summed E-state index contributed by atoms with van der Waals surface area (Å²) in [6.45, 7) is 0.182. The van der Waals surface area contributed by atoms with Gasteiger partial charge >= 0.3 is 0 Å². The average molecular weight is 299 g/mol. The van der Waals surface area contributed by atoms with E-state index in [9.17, 15) is 12.8 Å². The molecule has 0 radical (unpaired) electrons. The summed E-state index contributed by atoms with van der Waals surface area (Å²) in [6.07, 6.45) is 3.53. The van der Waals surface area contributed by atoms with Gasteiger partial charge in [0.2, 0.25) is 10.0 Å². The van der Waals surface area contributed by atoms with Crippen molar-refractivity contribution in [2.75, 3.05) is 13.7 Å². The van der Waals surface area contributed by atoms with Crippen molar-refractivity contribution in [3.63, 3.8) is 0 Å². The monoisotopic (exact) mass is 299 g/mol. The maximum atomic E-state index is 13.2. The molecule has 2 rings (SSSR count). The minimum absolute atomic E-state index is 0.0993. The number of ether oxygens (including phenoxy) is 1. The molecule has 0 aliphatic carbocycles. The van der Waals surface area contributed by atoms with Crippen molar-refractivity contribution in [2.45, 2.75) is 11.3 Å². The second-order valence-corrected chi connectivity index (χ2v) is 5.81. The predicted octanol–water partition coefficient (Wildman–Crippen LogP) is 1.95. The van der Waals surface area contributed by atoms with Gasteiger partial charge in [-0.1, -0.05) is 0 Å². The maximum Gasteiger partial charge on any atom is 0.244 e. The lowest BCUT2D eigenvalue weighted by Crippen LogP contribution is -2.26. The average Bonchev–Trinajstić information content (AvgIpc) is 2.91. The maximum absolute atomic E-state index is 13.2. The van der Waals surface area contributed by atoms with Gasteiger partial charge in [-0.05, 0) is 36.2 Å². The van der Waals surface area contributed by atoms with Gasteiger partial charge in [0.05, 0.1) is 19.6 Å². The summed E-state index contributed by atoms with van der Waals surface area (Å²) in [5.74, 6) is -0.539. The van der Waals surface area contributed by atoms with Crippen LogP contribution in [0.25, 0.3) is 0 Å². The van der Waals surface area contributed by atoms with Crippen molar-refractivity contribution >= 4 is 10.0 Å². The number of methoxy groups -OCH3 is 1. The second-order valence-electron chi connectivity index (χ2n) is 4.07. The molecule has 5 nitrogen and oxygen atoms in total. The summed E-state index contributed by atoms with van der Waals surface area (Å²) < 4.78 is 49.6. The Labute approximate surface area is 116 Å². The molecule has 0 fully saturated rings. The molecule has 0 saturated heterocycles. The Kier molecular flexibility index (Phi) is 4.41. The van der Waals surface area contributed by atoms with Crippen LogP contribution in [0.5, 0.6) is 5.75 Å². The molecule has 1 N–H and O–H groups in total. The zero-order valence-corrected chi connectivity index (χ0v) is 11.6. The highest BCUT2D eigenvalue weighted by Crippen LogP contribution is 2.24. The normalized spacial score (nSPS) is 11.5. The first-order valence-electron chi connectivity index (χ1n) is 5.87. The number of rotatable bonds is 6. The number of halogens is 1. The topological polar surface area (TPSA) is 68.5 Å². The molecule has 1 heterocycles. The van der Waals surface area contributed by atoms with Crippen LogP contribution in [0.15, 0.2) is 46.1 Å². The van der Waals surface area contributed by atoms with Crippen LogP contribution in [0.1, 0.15) is 5.56 Å². The van der Waals surface area contributed by atoms with Crippen LogP contribution in [0, 0.1) is 5.82 Å². The zero-order valence-electron chi connectivity index (χ0n) is 10.8. The van der Waals surface area contributed by atoms with E-state index in [-0.39, 0.29) is 17.2 Å². The third-order valence-electron chi connectivity index (χ3n) is 2.70. The third kappa shape index (κ3) is 3.37. The fourth-order valence-electron chi connectivity index (χ4n) is 1.70. The summed E-state index contributed by atoms with van der Waals surface area (Å²) in [4.78, 5) is -0.216. The van der Waals surface area contributed by atoms with Gasteiger partial charge in [-0.25, -0.2) is 17.5 Å². The summed E-state index contributed by atoms with van der Waals surface area (Å²) in [6, 6.07) is 5.10. The third-order valence-corrected chi connectivity index (χ3v) is 4.18. The van der Waals surface area contributed by atoms with Gasteiger partial charge < -0.3 is 9.15 Å². The first-order chi connectivity index (χ1) is 9.53. The Morgan fingerprint density at radius 3 is 2.80 bits per heavy atom. The van der Waals surface area contributed by atoms with E-state index in [1.165, 1.54) is 25.7 Å². The van der Waals surface area contributed by atoms with Gasteiger partial charge in [0.25, 0.3) is 0 Å². The SMILES string of the molecule is COc1ccc(F)cc1S(=O)(=O)NCCc1ccoc1. The summed E-state index contributed by atoms with van der Waals surface area (Å²) in [5.41, 5.74) is 0.874. The molecule has 20 heavy (non-hydrogen) atoms. The van der Waals surface area contributed by atoms with E-state index in [0.717, 1.165) is 17.7 Å². The fourth-order valence-corrected chi connectivity index (χ4v) is 2.91. The van der Waals surface area contributed by atoms with E-state index in [1.807, 2.05) is 0 Å². The van der Waals surface area contributed by atoms with Crippen molar-refractivity contribution in [1.29, 1.82) is 0 Å². The van der Waals surface area contributed by atoms with E-state index in [0.29, 0.717) is 6.42 Å². The lowest BCUT2D eigenvalue weighted by atomic mass is 10.2.